The van der Waals surface area contributed by atoms with Gasteiger partial charge in [-0.25, -0.2) is 27.5 Å². The van der Waals surface area contributed by atoms with Crippen LogP contribution in [0.1, 0.15) is 53.5 Å². The van der Waals surface area contributed by atoms with E-state index in [1.54, 1.807) is 18.5 Å². The van der Waals surface area contributed by atoms with E-state index in [0.29, 0.717) is 44.1 Å². The lowest BCUT2D eigenvalue weighted by molar-refractivity contribution is -0.123. The number of pyridine rings is 1. The average Bonchev–Trinajstić information content (AvgIpc) is 3.48. The normalized spacial score (nSPS) is 20.1. The number of aromatic nitrogens is 6. The highest BCUT2D eigenvalue weighted by Crippen LogP contribution is 2.71. The van der Waals surface area contributed by atoms with Crippen molar-refractivity contribution in [2.75, 3.05) is 0 Å². The molecule has 0 bridgehead atoms. The first-order chi connectivity index (χ1) is 22.5. The van der Waals surface area contributed by atoms with E-state index in [9.17, 15) is 22.4 Å². The Labute approximate surface area is 265 Å². The maximum absolute atomic E-state index is 15.4. The van der Waals surface area contributed by atoms with Crippen molar-refractivity contribution >= 4 is 38.5 Å². The van der Waals surface area contributed by atoms with Gasteiger partial charge in [0.25, 0.3) is 12.3 Å². The number of benzene rings is 2. The zero-order valence-corrected chi connectivity index (χ0v) is 25.1. The first kappa shape index (κ1) is 29.6. The number of nitrogens with zero attached hydrogens (tertiary/aromatic N) is 5. The zero-order chi connectivity index (χ0) is 32.8. The Kier molecular flexibility index (Phi) is 6.69. The number of fused-ring (bicyclic) bond motifs is 5. The van der Waals surface area contributed by atoms with E-state index in [1.165, 1.54) is 17.5 Å². The number of amides is 1. The van der Waals surface area contributed by atoms with Crippen molar-refractivity contribution in [2.45, 2.75) is 44.2 Å². The van der Waals surface area contributed by atoms with Crippen LogP contribution in [0.2, 0.25) is 0 Å². The average molecular weight is 668 g/mol. The van der Waals surface area contributed by atoms with E-state index >= 15 is 8.78 Å². The topological polar surface area (TPSA) is 101 Å². The maximum atomic E-state index is 15.4. The fourth-order valence-corrected chi connectivity index (χ4v) is 7.70. The van der Waals surface area contributed by atoms with Gasteiger partial charge < -0.3 is 5.32 Å². The minimum atomic E-state index is -3.44. The third kappa shape index (κ3) is 4.86. The molecule has 0 unspecified atom stereocenters. The zero-order valence-electron chi connectivity index (χ0n) is 24.3. The van der Waals surface area contributed by atoms with Crippen molar-refractivity contribution in [2.24, 2.45) is 11.8 Å². The molecule has 0 radical (unpaired) electrons. The molecule has 0 aliphatic heterocycles. The summed E-state index contributed by atoms with van der Waals surface area (Å²) in [4.78, 5) is 22.8. The number of aromatic amines is 1. The number of rotatable bonds is 8. The van der Waals surface area contributed by atoms with Crippen molar-refractivity contribution in [3.63, 3.8) is 0 Å². The van der Waals surface area contributed by atoms with Crippen LogP contribution in [0.3, 0.4) is 0 Å². The molecule has 4 atom stereocenters. The van der Waals surface area contributed by atoms with E-state index in [2.05, 4.69) is 25.6 Å². The van der Waals surface area contributed by atoms with Crippen LogP contribution in [0.25, 0.3) is 32.4 Å². The van der Waals surface area contributed by atoms with Crippen LogP contribution in [0.5, 0.6) is 0 Å². The second-order valence-electron chi connectivity index (χ2n) is 12.0. The first-order valence-corrected chi connectivity index (χ1v) is 15.6. The van der Waals surface area contributed by atoms with Crippen LogP contribution >= 0.6 is 11.3 Å². The second-order valence-corrected chi connectivity index (χ2v) is 12.9. The second kappa shape index (κ2) is 10.6. The third-order valence-corrected chi connectivity index (χ3v) is 9.90. The van der Waals surface area contributed by atoms with Crippen molar-refractivity contribution in [3.8, 4) is 11.1 Å². The van der Waals surface area contributed by atoms with E-state index in [1.807, 2.05) is 18.2 Å². The molecule has 47 heavy (non-hydrogen) atoms. The highest BCUT2D eigenvalue weighted by molar-refractivity contribution is 7.16. The largest absolute Gasteiger partial charge is 0.346 e. The van der Waals surface area contributed by atoms with Crippen molar-refractivity contribution in [3.05, 3.63) is 94.0 Å². The molecule has 1 amide bonds. The molecule has 6 aromatic rings. The SMILES string of the molecule is C[C@@H]1[C@@H]2c3c(C(F)F)nn(CC(=O)N[C@@H](Cc4cc(F)cc(F)c4)c4nc5cn[nH]c5cc4-c4ccc5scnc5c4)c3C(F)(F)[C@H]12. The van der Waals surface area contributed by atoms with Gasteiger partial charge >= 0.3 is 0 Å². The minimum absolute atomic E-state index is 0.153. The Morgan fingerprint density at radius 3 is 2.64 bits per heavy atom. The van der Waals surface area contributed by atoms with Crippen molar-refractivity contribution < 1.29 is 31.1 Å². The Balaban J connectivity index is 1.21. The lowest BCUT2D eigenvalue weighted by atomic mass is 9.94. The molecular formula is C32H23F6N7OS. The molecule has 0 spiro atoms. The van der Waals surface area contributed by atoms with Crippen LogP contribution in [-0.2, 0) is 23.7 Å². The molecule has 240 valence electrons. The van der Waals surface area contributed by atoms with Gasteiger partial charge in [-0.3, -0.25) is 14.6 Å². The number of hydrogen-bond acceptors (Lipinski definition) is 6. The fourth-order valence-electron chi connectivity index (χ4n) is 7.04. The maximum Gasteiger partial charge on any atom is 0.293 e. The van der Waals surface area contributed by atoms with Gasteiger partial charge in [0.15, 0.2) is 0 Å². The van der Waals surface area contributed by atoms with Gasteiger partial charge in [-0.2, -0.15) is 19.0 Å². The molecule has 1 saturated carbocycles. The van der Waals surface area contributed by atoms with E-state index in [-0.39, 0.29) is 17.5 Å². The summed E-state index contributed by atoms with van der Waals surface area (Å²) >= 11 is 1.45. The summed E-state index contributed by atoms with van der Waals surface area (Å²) in [7, 11) is 0. The number of carbonyl (C=O) groups is 1. The van der Waals surface area contributed by atoms with E-state index in [4.69, 9.17) is 4.98 Å². The molecule has 0 saturated heterocycles. The molecule has 8 nitrogen and oxygen atoms in total. The van der Waals surface area contributed by atoms with Gasteiger partial charge in [0.05, 0.1) is 39.2 Å². The molecular weight excluding hydrogens is 644 g/mol. The predicted molar refractivity (Wildman–Crippen MR) is 160 cm³/mol. The number of carbonyl (C=O) groups excluding carboxylic acids is 1. The molecule has 2 aliphatic carbocycles. The smallest absolute Gasteiger partial charge is 0.293 e. The van der Waals surface area contributed by atoms with Gasteiger partial charge in [-0.05, 0) is 53.8 Å². The first-order valence-electron chi connectivity index (χ1n) is 14.7. The number of halogens is 6. The molecule has 4 aromatic heterocycles. The van der Waals surface area contributed by atoms with Gasteiger partial charge in [0.1, 0.15) is 35.1 Å². The quantitative estimate of drug-likeness (QED) is 0.167. The number of alkyl halides is 4. The summed E-state index contributed by atoms with van der Waals surface area (Å²) in [6.07, 6.45) is -1.78. The van der Waals surface area contributed by atoms with Gasteiger partial charge in [-0.15, -0.1) is 11.3 Å². The van der Waals surface area contributed by atoms with Crippen molar-refractivity contribution in [1.82, 2.24) is 35.3 Å². The summed E-state index contributed by atoms with van der Waals surface area (Å²) in [6.45, 7) is 0.791. The summed E-state index contributed by atoms with van der Waals surface area (Å²) in [5.74, 6) is -8.30. The van der Waals surface area contributed by atoms with Crippen LogP contribution in [0.15, 0.2) is 54.2 Å². The van der Waals surface area contributed by atoms with Crippen LogP contribution in [0, 0.1) is 23.5 Å². The molecule has 1 fully saturated rings. The molecule has 2 N–H and O–H groups in total. The summed E-state index contributed by atoms with van der Waals surface area (Å²) in [6, 6.07) is 9.21. The highest BCUT2D eigenvalue weighted by atomic mass is 32.1. The van der Waals surface area contributed by atoms with Crippen molar-refractivity contribution in [1.29, 1.82) is 0 Å². The third-order valence-electron chi connectivity index (χ3n) is 9.09. The fraction of sp³-hybridized carbons (Fsp3) is 0.281. The van der Waals surface area contributed by atoms with E-state index in [0.717, 1.165) is 16.8 Å². The molecule has 2 aromatic carbocycles. The van der Waals surface area contributed by atoms with Gasteiger partial charge in [0.2, 0.25) is 5.91 Å². The number of nitrogens with one attached hydrogen (secondary N) is 2. The Morgan fingerprint density at radius 1 is 1.09 bits per heavy atom. The molecule has 4 heterocycles. The lowest BCUT2D eigenvalue weighted by Crippen LogP contribution is -2.35. The monoisotopic (exact) mass is 667 g/mol. The number of hydrogen-bond donors (Lipinski definition) is 2. The van der Waals surface area contributed by atoms with Gasteiger partial charge in [0, 0.05) is 29.0 Å². The standard InChI is InChI=1S/C32H23F6N7OS/c1-13-25-26-29(31(35)36)44-45(30(26)32(37,38)27(13)25)11-24(46)41-21(6-14-4-16(33)8-17(34)5-14)28-18(9-19-22(42-28)10-40-43-19)15-2-3-23-20(7-15)39-12-47-23/h2-5,7-10,12-13,21,25,27,31H,6,11H2,1H3,(H,40,43)(H,41,46)/t13-,21+,25-,27-/m1/s1. The predicted octanol–water partition coefficient (Wildman–Crippen LogP) is 7.20. The summed E-state index contributed by atoms with van der Waals surface area (Å²) in [5.41, 5.74) is 3.51. The Bertz CT molecular complexity index is 2190. The van der Waals surface area contributed by atoms with Crippen LogP contribution < -0.4 is 5.32 Å². The minimum Gasteiger partial charge on any atom is -0.346 e. The highest BCUT2D eigenvalue weighted by Gasteiger charge is 2.71. The number of H-pyrrole nitrogens is 1. The summed E-state index contributed by atoms with van der Waals surface area (Å²) in [5, 5.41) is 13.5. The van der Waals surface area contributed by atoms with Crippen LogP contribution in [-0.4, -0.2) is 35.9 Å². The van der Waals surface area contributed by atoms with Gasteiger partial charge in [-0.1, -0.05) is 13.0 Å². The summed E-state index contributed by atoms with van der Waals surface area (Å²) < 4.78 is 88.9. The number of thiazole rings is 1. The molecule has 15 heteroatoms. The lowest BCUT2D eigenvalue weighted by Gasteiger charge is -2.23. The molecule has 2 aliphatic rings. The van der Waals surface area contributed by atoms with Crippen LogP contribution in [0.4, 0.5) is 26.3 Å². The Hall–Kier alpha value is -4.79. The Morgan fingerprint density at radius 2 is 1.87 bits per heavy atom. The molecule has 8 rings (SSSR count). The van der Waals surface area contributed by atoms with E-state index < -0.39 is 71.6 Å².